The molecule has 4 heterocycles. The molecule has 0 spiro atoms. The standard InChI is InChI=1S/C23H26N6O3/c1-14-9-17(10-19(31-3)15(14)2)28-11-20(24-13-28)26-23-25-18-6-8-32-21(18)22(27-23)29-7-4-5-16(29)12-30/h6,8-11,13,16,30H,4-5,7,12H2,1-3H3,(H,25,26,27)/t16-/m1/s1. The molecule has 1 aliphatic rings. The van der Waals surface area contributed by atoms with E-state index in [1.54, 1.807) is 19.7 Å². The van der Waals surface area contributed by atoms with E-state index in [1.165, 1.54) is 0 Å². The van der Waals surface area contributed by atoms with Crippen LogP contribution >= 0.6 is 0 Å². The molecule has 32 heavy (non-hydrogen) atoms. The Hall–Kier alpha value is -3.59. The van der Waals surface area contributed by atoms with Crippen molar-refractivity contribution in [3.05, 3.63) is 48.1 Å². The molecule has 0 unspecified atom stereocenters. The van der Waals surface area contributed by atoms with Crippen LogP contribution in [-0.2, 0) is 0 Å². The van der Waals surface area contributed by atoms with Crippen molar-refractivity contribution in [2.24, 2.45) is 0 Å². The molecule has 1 atom stereocenters. The molecule has 2 N–H and O–H groups in total. The smallest absolute Gasteiger partial charge is 0.231 e. The van der Waals surface area contributed by atoms with E-state index in [0.29, 0.717) is 28.7 Å². The maximum absolute atomic E-state index is 9.76. The fourth-order valence-electron chi connectivity index (χ4n) is 4.22. The Bertz CT molecular complexity index is 1260. The lowest BCUT2D eigenvalue weighted by Crippen LogP contribution is -2.33. The maximum atomic E-state index is 9.76. The molecule has 1 fully saturated rings. The third-order valence-corrected chi connectivity index (χ3v) is 6.09. The summed E-state index contributed by atoms with van der Waals surface area (Å²) in [5, 5.41) is 13.0. The Balaban J connectivity index is 1.46. The van der Waals surface area contributed by atoms with Gasteiger partial charge in [0.15, 0.2) is 17.2 Å². The monoisotopic (exact) mass is 434 g/mol. The highest BCUT2D eigenvalue weighted by Crippen LogP contribution is 2.32. The molecule has 0 radical (unpaired) electrons. The van der Waals surface area contributed by atoms with Crippen LogP contribution < -0.4 is 15.0 Å². The largest absolute Gasteiger partial charge is 0.496 e. The summed E-state index contributed by atoms with van der Waals surface area (Å²) in [6, 6.07) is 5.93. The Morgan fingerprint density at radius 3 is 2.97 bits per heavy atom. The molecule has 0 amide bonds. The number of fused-ring (bicyclic) bond motifs is 1. The first-order chi connectivity index (χ1) is 15.6. The number of nitrogens with zero attached hydrogens (tertiary/aromatic N) is 5. The zero-order valence-corrected chi connectivity index (χ0v) is 18.4. The molecule has 9 heteroatoms. The number of nitrogens with one attached hydrogen (secondary N) is 1. The number of ether oxygens (including phenoxy) is 1. The van der Waals surface area contributed by atoms with Crippen molar-refractivity contribution in [2.75, 3.05) is 30.5 Å². The first kappa shape index (κ1) is 20.3. The van der Waals surface area contributed by atoms with Gasteiger partial charge in [-0.15, -0.1) is 0 Å². The first-order valence-corrected chi connectivity index (χ1v) is 10.7. The summed E-state index contributed by atoms with van der Waals surface area (Å²) in [6.45, 7) is 5.01. The van der Waals surface area contributed by atoms with Gasteiger partial charge >= 0.3 is 0 Å². The minimum Gasteiger partial charge on any atom is -0.496 e. The lowest BCUT2D eigenvalue weighted by molar-refractivity contribution is 0.266. The van der Waals surface area contributed by atoms with Gasteiger partial charge in [0.1, 0.15) is 17.6 Å². The summed E-state index contributed by atoms with van der Waals surface area (Å²) < 4.78 is 13.1. The SMILES string of the molecule is COc1cc(-n2cnc(Nc3nc(N4CCC[C@@H]4CO)c4occc4n3)c2)cc(C)c1C. The highest BCUT2D eigenvalue weighted by Gasteiger charge is 2.28. The van der Waals surface area contributed by atoms with Crippen molar-refractivity contribution < 1.29 is 14.3 Å². The van der Waals surface area contributed by atoms with Gasteiger partial charge < -0.3 is 29.0 Å². The predicted molar refractivity (Wildman–Crippen MR) is 122 cm³/mol. The number of aliphatic hydroxyl groups is 1. The summed E-state index contributed by atoms with van der Waals surface area (Å²) in [6.07, 6.45) is 7.17. The summed E-state index contributed by atoms with van der Waals surface area (Å²) in [5.74, 6) is 2.58. The normalized spacial score (nSPS) is 16.1. The second-order valence-corrected chi connectivity index (χ2v) is 8.06. The molecule has 1 aliphatic heterocycles. The zero-order chi connectivity index (χ0) is 22.2. The van der Waals surface area contributed by atoms with Crippen LogP contribution in [0.5, 0.6) is 5.75 Å². The second-order valence-electron chi connectivity index (χ2n) is 8.06. The third-order valence-electron chi connectivity index (χ3n) is 6.09. The van der Waals surface area contributed by atoms with Crippen LogP contribution in [0.3, 0.4) is 0 Å². The van der Waals surface area contributed by atoms with Gasteiger partial charge in [0.2, 0.25) is 5.95 Å². The second kappa shape index (κ2) is 8.16. The van der Waals surface area contributed by atoms with E-state index in [1.807, 2.05) is 29.8 Å². The number of benzene rings is 1. The highest BCUT2D eigenvalue weighted by atomic mass is 16.5. The number of furan rings is 1. The molecule has 9 nitrogen and oxygen atoms in total. The lowest BCUT2D eigenvalue weighted by atomic mass is 10.1. The number of aryl methyl sites for hydroxylation is 1. The molecular formula is C23H26N6O3. The van der Waals surface area contributed by atoms with Crippen molar-refractivity contribution in [3.8, 4) is 11.4 Å². The zero-order valence-electron chi connectivity index (χ0n) is 18.4. The molecule has 0 aliphatic carbocycles. The molecular weight excluding hydrogens is 408 g/mol. The minimum atomic E-state index is 0.0324. The Morgan fingerprint density at radius 1 is 1.28 bits per heavy atom. The molecule has 5 rings (SSSR count). The molecule has 3 aromatic heterocycles. The number of hydrogen-bond donors (Lipinski definition) is 2. The van der Waals surface area contributed by atoms with E-state index in [9.17, 15) is 5.11 Å². The number of rotatable bonds is 6. The lowest BCUT2D eigenvalue weighted by Gasteiger charge is -2.24. The van der Waals surface area contributed by atoms with Crippen LogP contribution in [0.2, 0.25) is 0 Å². The summed E-state index contributed by atoms with van der Waals surface area (Å²) in [7, 11) is 1.68. The number of anilines is 3. The van der Waals surface area contributed by atoms with Gasteiger partial charge in [0.05, 0.1) is 37.9 Å². The fraction of sp³-hybridized carbons (Fsp3) is 0.348. The van der Waals surface area contributed by atoms with Crippen LogP contribution in [0, 0.1) is 13.8 Å². The van der Waals surface area contributed by atoms with Crippen molar-refractivity contribution >= 4 is 28.7 Å². The average molecular weight is 435 g/mol. The quantitative estimate of drug-likeness (QED) is 0.473. The van der Waals surface area contributed by atoms with Crippen molar-refractivity contribution in [2.45, 2.75) is 32.7 Å². The van der Waals surface area contributed by atoms with Crippen LogP contribution in [-0.4, -0.2) is 50.9 Å². The van der Waals surface area contributed by atoms with Crippen LogP contribution in [0.15, 0.2) is 41.4 Å². The Labute approximate surface area is 185 Å². The van der Waals surface area contributed by atoms with Crippen molar-refractivity contribution in [1.82, 2.24) is 19.5 Å². The van der Waals surface area contributed by atoms with Gasteiger partial charge in [-0.2, -0.15) is 4.98 Å². The van der Waals surface area contributed by atoms with Gasteiger partial charge in [0, 0.05) is 18.7 Å². The van der Waals surface area contributed by atoms with Crippen molar-refractivity contribution in [1.29, 1.82) is 0 Å². The van der Waals surface area contributed by atoms with E-state index in [2.05, 4.69) is 33.2 Å². The number of imidazole rings is 1. The molecule has 0 saturated carbocycles. The number of aliphatic hydroxyl groups excluding tert-OH is 1. The topological polar surface area (TPSA) is 101 Å². The number of aromatic nitrogens is 4. The van der Waals surface area contributed by atoms with Gasteiger partial charge in [0.25, 0.3) is 0 Å². The number of hydrogen-bond acceptors (Lipinski definition) is 8. The van der Waals surface area contributed by atoms with E-state index in [-0.39, 0.29) is 12.6 Å². The Morgan fingerprint density at radius 2 is 2.16 bits per heavy atom. The summed E-state index contributed by atoms with van der Waals surface area (Å²) >= 11 is 0. The summed E-state index contributed by atoms with van der Waals surface area (Å²) in [5.41, 5.74) is 4.56. The third kappa shape index (κ3) is 3.54. The van der Waals surface area contributed by atoms with E-state index >= 15 is 0 Å². The van der Waals surface area contributed by atoms with Gasteiger partial charge in [-0.3, -0.25) is 0 Å². The molecule has 1 saturated heterocycles. The fourth-order valence-corrected chi connectivity index (χ4v) is 4.22. The van der Waals surface area contributed by atoms with Crippen LogP contribution in [0.1, 0.15) is 24.0 Å². The van der Waals surface area contributed by atoms with E-state index in [0.717, 1.165) is 42.0 Å². The molecule has 4 aromatic rings. The van der Waals surface area contributed by atoms with E-state index in [4.69, 9.17) is 14.1 Å². The maximum Gasteiger partial charge on any atom is 0.231 e. The average Bonchev–Trinajstić information content (AvgIpc) is 3.55. The molecule has 0 bridgehead atoms. The predicted octanol–water partition coefficient (Wildman–Crippen LogP) is 3.74. The Kier molecular flexibility index (Phi) is 5.18. The van der Waals surface area contributed by atoms with Crippen LogP contribution in [0.4, 0.5) is 17.6 Å². The van der Waals surface area contributed by atoms with Gasteiger partial charge in [-0.1, -0.05) is 0 Å². The first-order valence-electron chi connectivity index (χ1n) is 10.7. The summed E-state index contributed by atoms with van der Waals surface area (Å²) in [4.78, 5) is 15.9. The minimum absolute atomic E-state index is 0.0324. The van der Waals surface area contributed by atoms with Crippen LogP contribution in [0.25, 0.3) is 16.8 Å². The van der Waals surface area contributed by atoms with Gasteiger partial charge in [-0.25, -0.2) is 9.97 Å². The van der Waals surface area contributed by atoms with Gasteiger partial charge in [-0.05, 0) is 43.9 Å². The highest BCUT2D eigenvalue weighted by molar-refractivity contribution is 5.86. The molecule has 1 aromatic carbocycles. The molecule has 166 valence electrons. The van der Waals surface area contributed by atoms with Crippen molar-refractivity contribution in [3.63, 3.8) is 0 Å². The number of methoxy groups -OCH3 is 1. The van der Waals surface area contributed by atoms with E-state index < -0.39 is 0 Å².